The number of nitrogens with zero attached hydrogens (tertiary/aromatic N) is 3. The van der Waals surface area contributed by atoms with E-state index in [1.54, 1.807) is 4.90 Å². The number of imide groups is 1. The number of carbonyl (C=O) groups excluding carboxylic acids is 3. The largest absolute Gasteiger partial charge is 0.502 e. The lowest BCUT2D eigenvalue weighted by atomic mass is 10.1. The van der Waals surface area contributed by atoms with Crippen LogP contribution in [-0.4, -0.2) is 56.5 Å². The number of aromatic hydroxyl groups is 1. The Kier molecular flexibility index (Phi) is 6.04. The SMILES string of the molecule is O=C(CN1C(=O)S/C(=C\c2cc(Br)cc([N+](=O)[O-])c2O)C1=O)N1CCCCC1. The number of thioether (sulfide) groups is 1. The molecule has 2 saturated heterocycles. The van der Waals surface area contributed by atoms with Crippen LogP contribution in [0.25, 0.3) is 6.08 Å². The van der Waals surface area contributed by atoms with Crippen LogP contribution in [0.15, 0.2) is 21.5 Å². The summed E-state index contributed by atoms with van der Waals surface area (Å²) in [6.45, 7) is 0.883. The summed E-state index contributed by atoms with van der Waals surface area (Å²) in [4.78, 5) is 49.9. The molecule has 1 N–H and O–H groups in total. The van der Waals surface area contributed by atoms with E-state index in [4.69, 9.17) is 0 Å². The third-order valence-corrected chi connectivity index (χ3v) is 5.81. The Hall–Kier alpha value is -2.40. The zero-order valence-electron chi connectivity index (χ0n) is 14.6. The predicted octanol–water partition coefficient (Wildman–Crippen LogP) is 3.11. The number of carbonyl (C=O) groups is 3. The number of nitro groups is 1. The molecule has 3 amide bonds. The van der Waals surface area contributed by atoms with Crippen molar-refractivity contribution in [2.24, 2.45) is 0 Å². The molecule has 148 valence electrons. The van der Waals surface area contributed by atoms with Crippen molar-refractivity contribution in [2.45, 2.75) is 19.3 Å². The lowest BCUT2D eigenvalue weighted by molar-refractivity contribution is -0.385. The normalized spacial score (nSPS) is 18.8. The van der Waals surface area contributed by atoms with E-state index in [9.17, 15) is 29.6 Å². The van der Waals surface area contributed by atoms with E-state index in [0.29, 0.717) is 29.3 Å². The van der Waals surface area contributed by atoms with Gasteiger partial charge in [-0.05, 0) is 43.2 Å². The van der Waals surface area contributed by atoms with Gasteiger partial charge in [0, 0.05) is 29.2 Å². The molecule has 0 bridgehead atoms. The number of likely N-dealkylation sites (tertiary alicyclic amines) is 1. The monoisotopic (exact) mass is 469 g/mol. The van der Waals surface area contributed by atoms with Crippen molar-refractivity contribution in [2.75, 3.05) is 19.6 Å². The van der Waals surface area contributed by atoms with Gasteiger partial charge in [-0.3, -0.25) is 29.4 Å². The maximum atomic E-state index is 12.6. The van der Waals surface area contributed by atoms with Crippen molar-refractivity contribution in [3.8, 4) is 5.75 Å². The molecule has 1 aromatic rings. The van der Waals surface area contributed by atoms with Gasteiger partial charge < -0.3 is 10.0 Å². The van der Waals surface area contributed by atoms with Crippen molar-refractivity contribution in [3.05, 3.63) is 37.2 Å². The summed E-state index contributed by atoms with van der Waals surface area (Å²) in [5.41, 5.74) is -0.505. The second-order valence-electron chi connectivity index (χ2n) is 6.33. The highest BCUT2D eigenvalue weighted by atomic mass is 79.9. The Morgan fingerprint density at radius 2 is 1.96 bits per heavy atom. The number of rotatable bonds is 4. The molecule has 0 radical (unpaired) electrons. The van der Waals surface area contributed by atoms with E-state index in [1.165, 1.54) is 12.1 Å². The number of hydrogen-bond donors (Lipinski definition) is 1. The molecule has 2 fully saturated rings. The zero-order valence-corrected chi connectivity index (χ0v) is 17.0. The molecule has 2 heterocycles. The smallest absolute Gasteiger partial charge is 0.312 e. The van der Waals surface area contributed by atoms with Gasteiger partial charge in [0.05, 0.1) is 9.83 Å². The molecule has 11 heteroatoms. The number of hydrogen-bond acceptors (Lipinski definition) is 7. The molecule has 2 aliphatic heterocycles. The number of halogens is 1. The van der Waals surface area contributed by atoms with Crippen LogP contribution in [0.2, 0.25) is 0 Å². The molecule has 28 heavy (non-hydrogen) atoms. The molecule has 0 atom stereocenters. The first kappa shape index (κ1) is 20.3. The Morgan fingerprint density at radius 1 is 1.29 bits per heavy atom. The Balaban J connectivity index is 1.81. The number of phenols is 1. The van der Waals surface area contributed by atoms with Crippen molar-refractivity contribution in [1.82, 2.24) is 9.80 Å². The number of benzene rings is 1. The second kappa shape index (κ2) is 8.31. The maximum Gasteiger partial charge on any atom is 0.312 e. The van der Waals surface area contributed by atoms with Crippen molar-refractivity contribution >= 4 is 56.5 Å². The summed E-state index contributed by atoms with van der Waals surface area (Å²) in [5, 5.41) is 20.5. The van der Waals surface area contributed by atoms with Crippen molar-refractivity contribution < 1.29 is 24.4 Å². The molecule has 0 unspecified atom stereocenters. The van der Waals surface area contributed by atoms with Crippen LogP contribution in [0.5, 0.6) is 5.75 Å². The third-order valence-electron chi connectivity index (χ3n) is 4.44. The third kappa shape index (κ3) is 4.20. The lowest BCUT2D eigenvalue weighted by Crippen LogP contribution is -2.44. The van der Waals surface area contributed by atoms with Gasteiger partial charge in [-0.1, -0.05) is 15.9 Å². The molecule has 2 aliphatic rings. The second-order valence-corrected chi connectivity index (χ2v) is 8.24. The van der Waals surface area contributed by atoms with Crippen LogP contribution in [0.3, 0.4) is 0 Å². The Morgan fingerprint density at radius 3 is 2.61 bits per heavy atom. The Bertz CT molecular complexity index is 897. The van der Waals surface area contributed by atoms with Crippen molar-refractivity contribution in [1.29, 1.82) is 0 Å². The van der Waals surface area contributed by atoms with E-state index in [1.807, 2.05) is 0 Å². The van der Waals surface area contributed by atoms with Gasteiger partial charge >= 0.3 is 5.69 Å². The highest BCUT2D eigenvalue weighted by Gasteiger charge is 2.37. The molecule has 0 spiro atoms. The van der Waals surface area contributed by atoms with Crippen LogP contribution >= 0.6 is 27.7 Å². The topological polar surface area (TPSA) is 121 Å². The summed E-state index contributed by atoms with van der Waals surface area (Å²) in [7, 11) is 0. The van der Waals surface area contributed by atoms with Crippen LogP contribution < -0.4 is 0 Å². The maximum absolute atomic E-state index is 12.6. The fourth-order valence-corrected chi connectivity index (χ4v) is 4.30. The van der Waals surface area contributed by atoms with E-state index >= 15 is 0 Å². The van der Waals surface area contributed by atoms with Crippen LogP contribution in [0.1, 0.15) is 24.8 Å². The molecule has 0 aromatic heterocycles. The Labute approximate surface area is 172 Å². The highest BCUT2D eigenvalue weighted by Crippen LogP contribution is 2.38. The number of piperidine rings is 1. The number of phenolic OH excluding ortho intramolecular Hbond substituents is 1. The minimum Gasteiger partial charge on any atom is -0.502 e. The number of nitro benzene ring substituents is 1. The fourth-order valence-electron chi connectivity index (χ4n) is 3.01. The van der Waals surface area contributed by atoms with E-state index in [2.05, 4.69) is 15.9 Å². The molecule has 0 aliphatic carbocycles. The zero-order chi connectivity index (χ0) is 20.4. The van der Waals surface area contributed by atoms with Gasteiger partial charge in [-0.2, -0.15) is 0 Å². The van der Waals surface area contributed by atoms with Gasteiger partial charge in [0.2, 0.25) is 11.7 Å². The van der Waals surface area contributed by atoms with Gasteiger partial charge in [-0.25, -0.2) is 0 Å². The summed E-state index contributed by atoms with van der Waals surface area (Å²) in [5.74, 6) is -1.56. The van der Waals surface area contributed by atoms with E-state index in [0.717, 1.165) is 30.2 Å². The van der Waals surface area contributed by atoms with Crippen molar-refractivity contribution in [3.63, 3.8) is 0 Å². The molecule has 0 saturated carbocycles. The first-order chi connectivity index (χ1) is 13.3. The van der Waals surface area contributed by atoms with Crippen LogP contribution in [-0.2, 0) is 9.59 Å². The van der Waals surface area contributed by atoms with Crippen LogP contribution in [0, 0.1) is 10.1 Å². The average molecular weight is 470 g/mol. The summed E-state index contributed by atoms with van der Waals surface area (Å²) in [6.07, 6.45) is 4.06. The van der Waals surface area contributed by atoms with E-state index in [-0.39, 0.29) is 22.9 Å². The quantitative estimate of drug-likeness (QED) is 0.408. The molecule has 9 nitrogen and oxygen atoms in total. The molecular formula is C17H16BrN3O6S. The standard InChI is InChI=1S/C17H16BrN3O6S/c18-11-6-10(15(23)12(8-11)21(26)27)7-13-16(24)20(17(25)28-13)9-14(22)19-4-2-1-3-5-19/h6-8,23H,1-5,9H2/b13-7-. The lowest BCUT2D eigenvalue weighted by Gasteiger charge is -2.27. The van der Waals surface area contributed by atoms with Gasteiger partial charge in [0.1, 0.15) is 6.54 Å². The van der Waals surface area contributed by atoms with Gasteiger partial charge in [-0.15, -0.1) is 0 Å². The van der Waals surface area contributed by atoms with E-state index < -0.39 is 27.5 Å². The number of amides is 3. The van der Waals surface area contributed by atoms with Gasteiger partial charge in [0.25, 0.3) is 11.1 Å². The minimum atomic E-state index is -0.750. The fraction of sp³-hybridized carbons (Fsp3) is 0.353. The van der Waals surface area contributed by atoms with Crippen LogP contribution in [0.4, 0.5) is 10.5 Å². The molecular weight excluding hydrogens is 454 g/mol. The summed E-state index contributed by atoms with van der Waals surface area (Å²) in [6, 6.07) is 2.53. The average Bonchev–Trinajstić information content (AvgIpc) is 2.92. The molecule has 1 aromatic carbocycles. The van der Waals surface area contributed by atoms with Gasteiger partial charge in [0.15, 0.2) is 0 Å². The molecule has 3 rings (SSSR count). The summed E-state index contributed by atoms with van der Waals surface area (Å²) >= 11 is 3.74. The predicted molar refractivity (Wildman–Crippen MR) is 106 cm³/mol. The minimum absolute atomic E-state index is 0.0147. The first-order valence-corrected chi connectivity index (χ1v) is 10.1. The first-order valence-electron chi connectivity index (χ1n) is 8.48. The highest BCUT2D eigenvalue weighted by molar-refractivity contribution is 9.10. The summed E-state index contributed by atoms with van der Waals surface area (Å²) < 4.78 is 0.336.